The molecular formula is C17H23N2+. The van der Waals surface area contributed by atoms with E-state index in [9.17, 15) is 0 Å². The van der Waals surface area contributed by atoms with Crippen molar-refractivity contribution in [2.24, 2.45) is 0 Å². The topological polar surface area (TPSA) is 19.9 Å². The van der Waals surface area contributed by atoms with Crippen molar-refractivity contribution in [3.05, 3.63) is 65.7 Å². The van der Waals surface area contributed by atoms with Gasteiger partial charge in [0.15, 0.2) is 0 Å². The van der Waals surface area contributed by atoms with Gasteiger partial charge in [0.05, 0.1) is 0 Å². The zero-order valence-corrected chi connectivity index (χ0v) is 12.0. The highest BCUT2D eigenvalue weighted by molar-refractivity contribution is 5.45. The van der Waals surface area contributed by atoms with Crippen LogP contribution in [0.2, 0.25) is 0 Å². The molecule has 1 atom stereocenters. The van der Waals surface area contributed by atoms with Gasteiger partial charge in [0.25, 0.3) is 0 Å². The van der Waals surface area contributed by atoms with Gasteiger partial charge in [-0.15, -0.1) is 0 Å². The highest BCUT2D eigenvalue weighted by Crippen LogP contribution is 2.12. The lowest BCUT2D eigenvalue weighted by atomic mass is 10.1. The van der Waals surface area contributed by atoms with Crippen molar-refractivity contribution in [1.29, 1.82) is 0 Å². The van der Waals surface area contributed by atoms with Crippen LogP contribution in [0.4, 0.5) is 5.69 Å². The molecule has 100 valence electrons. The predicted molar refractivity (Wildman–Crippen MR) is 81.3 cm³/mol. The second kappa shape index (κ2) is 6.39. The minimum absolute atomic E-state index is 0.495. The maximum atomic E-state index is 2.38. The maximum absolute atomic E-state index is 2.38. The third-order valence-corrected chi connectivity index (χ3v) is 3.49. The highest BCUT2D eigenvalue weighted by atomic mass is 15.1. The maximum Gasteiger partial charge on any atom is 0.109 e. The van der Waals surface area contributed by atoms with E-state index in [1.165, 1.54) is 16.8 Å². The van der Waals surface area contributed by atoms with E-state index in [0.717, 1.165) is 6.54 Å². The van der Waals surface area contributed by atoms with Crippen molar-refractivity contribution in [1.82, 2.24) is 0 Å². The summed E-state index contributed by atoms with van der Waals surface area (Å²) in [5.74, 6) is 0. The molecule has 0 heterocycles. The van der Waals surface area contributed by atoms with E-state index in [1.54, 1.807) is 0 Å². The van der Waals surface area contributed by atoms with Crippen LogP contribution in [0.15, 0.2) is 54.6 Å². The Bertz CT molecular complexity index is 488. The van der Waals surface area contributed by atoms with Gasteiger partial charge >= 0.3 is 0 Å². The van der Waals surface area contributed by atoms with Gasteiger partial charge in [0.1, 0.15) is 12.6 Å². The Balaban J connectivity index is 1.92. The Morgan fingerprint density at radius 1 is 0.947 bits per heavy atom. The Morgan fingerprint density at radius 3 is 2.16 bits per heavy atom. The highest BCUT2D eigenvalue weighted by Gasteiger charge is 2.07. The Morgan fingerprint density at radius 2 is 1.58 bits per heavy atom. The first-order valence-electron chi connectivity index (χ1n) is 6.81. The Labute approximate surface area is 116 Å². The summed E-state index contributed by atoms with van der Waals surface area (Å²) in [4.78, 5) is 2.13. The van der Waals surface area contributed by atoms with Gasteiger partial charge in [-0.05, 0) is 19.1 Å². The molecule has 2 aromatic carbocycles. The van der Waals surface area contributed by atoms with Gasteiger partial charge in [-0.25, -0.2) is 0 Å². The third kappa shape index (κ3) is 3.83. The molecule has 0 radical (unpaired) electrons. The molecule has 0 amide bonds. The molecule has 0 bridgehead atoms. The van der Waals surface area contributed by atoms with E-state index in [-0.39, 0.29) is 0 Å². The molecule has 0 fully saturated rings. The van der Waals surface area contributed by atoms with Crippen LogP contribution in [-0.2, 0) is 6.54 Å². The third-order valence-electron chi connectivity index (χ3n) is 3.49. The fourth-order valence-electron chi connectivity index (χ4n) is 2.14. The van der Waals surface area contributed by atoms with E-state index in [4.69, 9.17) is 0 Å². The fourth-order valence-corrected chi connectivity index (χ4v) is 2.14. The molecule has 2 aromatic rings. The van der Waals surface area contributed by atoms with E-state index in [0.29, 0.717) is 6.04 Å². The average molecular weight is 255 g/mol. The quantitative estimate of drug-likeness (QED) is 0.870. The lowest BCUT2D eigenvalue weighted by molar-refractivity contribution is -0.707. The van der Waals surface area contributed by atoms with Crippen molar-refractivity contribution < 1.29 is 5.32 Å². The standard InChI is InChI=1S/C17H22N2/c1-14(16-7-5-4-6-8-16)18-13-15-9-11-17(12-10-15)19(2)3/h4-12,14,18H,13H2,1-3H3/p+1/t14-/m1/s1. The lowest BCUT2D eigenvalue weighted by Gasteiger charge is -2.14. The fraction of sp³-hybridized carbons (Fsp3) is 0.294. The van der Waals surface area contributed by atoms with Crippen molar-refractivity contribution in [2.45, 2.75) is 19.5 Å². The Kier molecular flexibility index (Phi) is 4.58. The smallest absolute Gasteiger partial charge is 0.109 e. The minimum atomic E-state index is 0.495. The van der Waals surface area contributed by atoms with Crippen LogP contribution in [-0.4, -0.2) is 14.1 Å². The summed E-state index contributed by atoms with van der Waals surface area (Å²) in [6.45, 7) is 3.27. The van der Waals surface area contributed by atoms with Gasteiger partial charge in [-0.2, -0.15) is 0 Å². The zero-order valence-electron chi connectivity index (χ0n) is 12.0. The van der Waals surface area contributed by atoms with Crippen LogP contribution < -0.4 is 10.2 Å². The minimum Gasteiger partial charge on any atom is -0.378 e. The molecule has 19 heavy (non-hydrogen) atoms. The molecule has 2 N–H and O–H groups in total. The molecule has 0 spiro atoms. The van der Waals surface area contributed by atoms with E-state index in [2.05, 4.69) is 85.8 Å². The molecule has 0 aromatic heterocycles. The first-order valence-corrected chi connectivity index (χ1v) is 6.81. The summed E-state index contributed by atoms with van der Waals surface area (Å²) in [7, 11) is 4.14. The van der Waals surface area contributed by atoms with Gasteiger partial charge in [0.2, 0.25) is 0 Å². The molecule has 0 unspecified atom stereocenters. The van der Waals surface area contributed by atoms with Crippen molar-refractivity contribution in [3.8, 4) is 0 Å². The SMILES string of the molecule is C[C@@H]([NH2+]Cc1ccc(N(C)C)cc1)c1ccccc1. The van der Waals surface area contributed by atoms with Gasteiger partial charge in [0, 0.05) is 30.9 Å². The predicted octanol–water partition coefficient (Wildman–Crippen LogP) is 2.58. The number of nitrogens with two attached hydrogens (primary N) is 1. The Hall–Kier alpha value is -1.80. The molecule has 0 aliphatic heterocycles. The largest absolute Gasteiger partial charge is 0.378 e. The van der Waals surface area contributed by atoms with Crippen LogP contribution in [0.5, 0.6) is 0 Å². The number of rotatable bonds is 5. The first-order chi connectivity index (χ1) is 9.16. The lowest BCUT2D eigenvalue weighted by Crippen LogP contribution is -2.83. The normalized spacial score (nSPS) is 12.2. The summed E-state index contributed by atoms with van der Waals surface area (Å²) < 4.78 is 0. The molecule has 2 nitrogen and oxygen atoms in total. The summed E-state index contributed by atoms with van der Waals surface area (Å²) in [6, 6.07) is 19.9. The van der Waals surface area contributed by atoms with Crippen molar-refractivity contribution >= 4 is 5.69 Å². The summed E-state index contributed by atoms with van der Waals surface area (Å²) in [6.07, 6.45) is 0. The molecule has 2 rings (SSSR count). The summed E-state index contributed by atoms with van der Waals surface area (Å²) in [5, 5.41) is 2.38. The van der Waals surface area contributed by atoms with Crippen LogP contribution in [0.25, 0.3) is 0 Å². The number of benzene rings is 2. The zero-order chi connectivity index (χ0) is 13.7. The molecule has 0 aliphatic rings. The number of hydrogen-bond donors (Lipinski definition) is 1. The number of quaternary nitrogens is 1. The summed E-state index contributed by atoms with van der Waals surface area (Å²) >= 11 is 0. The molecular weight excluding hydrogens is 232 g/mol. The van der Waals surface area contributed by atoms with E-state index in [1.807, 2.05) is 0 Å². The number of anilines is 1. The van der Waals surface area contributed by atoms with Crippen molar-refractivity contribution in [2.75, 3.05) is 19.0 Å². The average Bonchev–Trinajstić information content (AvgIpc) is 2.46. The number of nitrogens with zero attached hydrogens (tertiary/aromatic N) is 1. The molecule has 0 saturated carbocycles. The number of hydrogen-bond acceptors (Lipinski definition) is 1. The second-order valence-corrected chi connectivity index (χ2v) is 5.20. The van der Waals surface area contributed by atoms with Gasteiger partial charge < -0.3 is 10.2 Å². The first kappa shape index (κ1) is 13.6. The molecule has 0 aliphatic carbocycles. The van der Waals surface area contributed by atoms with Crippen molar-refractivity contribution in [3.63, 3.8) is 0 Å². The van der Waals surface area contributed by atoms with Gasteiger partial charge in [-0.1, -0.05) is 42.5 Å². The molecule has 0 saturated heterocycles. The molecule has 2 heteroatoms. The summed E-state index contributed by atoms with van der Waals surface area (Å²) in [5.41, 5.74) is 4.00. The monoisotopic (exact) mass is 255 g/mol. The van der Waals surface area contributed by atoms with Crippen LogP contribution in [0.3, 0.4) is 0 Å². The van der Waals surface area contributed by atoms with Crippen LogP contribution in [0.1, 0.15) is 24.1 Å². The van der Waals surface area contributed by atoms with Crippen LogP contribution in [0, 0.1) is 0 Å². The van der Waals surface area contributed by atoms with Crippen LogP contribution >= 0.6 is 0 Å². The second-order valence-electron chi connectivity index (χ2n) is 5.20. The van der Waals surface area contributed by atoms with E-state index >= 15 is 0 Å². The van der Waals surface area contributed by atoms with Gasteiger partial charge in [-0.3, -0.25) is 0 Å². The van der Waals surface area contributed by atoms with E-state index < -0.39 is 0 Å².